The summed E-state index contributed by atoms with van der Waals surface area (Å²) in [5, 5.41) is 2.64. The van der Waals surface area contributed by atoms with E-state index in [0.29, 0.717) is 13.0 Å². The van der Waals surface area contributed by atoms with E-state index in [-0.39, 0.29) is 62.2 Å². The molecule has 1 N–H and O–H groups in total. The van der Waals surface area contributed by atoms with Crippen LogP contribution in [0.3, 0.4) is 0 Å². The number of carbonyl (C=O) groups is 4. The summed E-state index contributed by atoms with van der Waals surface area (Å²) in [5.41, 5.74) is 0.872. The standard InChI is InChI=1S/C27H42N2O6/c1-6-9-15-29(23(16-20(4)5)27(33)28-19-26(32)35-8-3)24(30)17-22(18-25(31)34-7-2)21-13-11-10-12-14-21/h10-14,20,22-23H,6-9,15-19H2,1-5H3,(H,28,33)/t22-,23?/m0/s1. The molecule has 1 unspecified atom stereocenters. The highest BCUT2D eigenvalue weighted by Gasteiger charge is 2.32. The zero-order valence-corrected chi connectivity index (χ0v) is 21.9. The number of hydrogen-bond acceptors (Lipinski definition) is 6. The smallest absolute Gasteiger partial charge is 0.325 e. The van der Waals surface area contributed by atoms with Gasteiger partial charge in [-0.1, -0.05) is 57.5 Å². The van der Waals surface area contributed by atoms with Gasteiger partial charge in [0.1, 0.15) is 12.6 Å². The van der Waals surface area contributed by atoms with E-state index in [1.807, 2.05) is 51.1 Å². The van der Waals surface area contributed by atoms with Crippen molar-refractivity contribution in [3.8, 4) is 0 Å². The third-order valence-electron chi connectivity index (χ3n) is 5.57. The van der Waals surface area contributed by atoms with Gasteiger partial charge in [-0.05, 0) is 38.2 Å². The minimum atomic E-state index is -0.720. The Morgan fingerprint density at radius 2 is 1.54 bits per heavy atom. The van der Waals surface area contributed by atoms with Crippen molar-refractivity contribution in [3.63, 3.8) is 0 Å². The molecule has 0 aromatic heterocycles. The lowest BCUT2D eigenvalue weighted by atomic mass is 9.91. The van der Waals surface area contributed by atoms with Crippen molar-refractivity contribution in [2.24, 2.45) is 5.92 Å². The van der Waals surface area contributed by atoms with Gasteiger partial charge >= 0.3 is 11.9 Å². The minimum absolute atomic E-state index is 0.0757. The van der Waals surface area contributed by atoms with Crippen LogP contribution in [0.1, 0.15) is 78.2 Å². The topological polar surface area (TPSA) is 102 Å². The number of nitrogens with zero attached hydrogens (tertiary/aromatic N) is 1. The molecule has 2 amide bonds. The van der Waals surface area contributed by atoms with Crippen molar-refractivity contribution < 1.29 is 28.7 Å². The van der Waals surface area contributed by atoms with Crippen LogP contribution < -0.4 is 5.32 Å². The molecular formula is C27H42N2O6. The molecule has 0 aliphatic heterocycles. The quantitative estimate of drug-likeness (QED) is 0.353. The Balaban J connectivity index is 3.16. The molecule has 0 saturated heterocycles. The van der Waals surface area contributed by atoms with Gasteiger partial charge in [0.2, 0.25) is 11.8 Å². The van der Waals surface area contributed by atoms with E-state index in [0.717, 1.165) is 18.4 Å². The highest BCUT2D eigenvalue weighted by molar-refractivity contribution is 5.90. The van der Waals surface area contributed by atoms with Crippen molar-refractivity contribution in [2.75, 3.05) is 26.3 Å². The van der Waals surface area contributed by atoms with Crippen molar-refractivity contribution in [2.45, 2.75) is 78.7 Å². The first-order valence-corrected chi connectivity index (χ1v) is 12.7. The zero-order chi connectivity index (χ0) is 26.2. The van der Waals surface area contributed by atoms with Crippen LogP contribution in [0.2, 0.25) is 0 Å². The molecule has 2 atom stereocenters. The van der Waals surface area contributed by atoms with Crippen LogP contribution in [0.25, 0.3) is 0 Å². The van der Waals surface area contributed by atoms with Crippen LogP contribution in [0.4, 0.5) is 0 Å². The molecule has 0 aliphatic carbocycles. The number of amides is 2. The lowest BCUT2D eigenvalue weighted by Gasteiger charge is -2.33. The molecule has 0 bridgehead atoms. The van der Waals surface area contributed by atoms with Crippen molar-refractivity contribution in [1.29, 1.82) is 0 Å². The Bertz CT molecular complexity index is 796. The Hall–Kier alpha value is -2.90. The van der Waals surface area contributed by atoms with Crippen LogP contribution in [0.5, 0.6) is 0 Å². The first-order chi connectivity index (χ1) is 16.7. The molecule has 0 spiro atoms. The van der Waals surface area contributed by atoms with Gasteiger partial charge in [-0.2, -0.15) is 0 Å². The fourth-order valence-corrected chi connectivity index (χ4v) is 3.88. The summed E-state index contributed by atoms with van der Waals surface area (Å²) in [7, 11) is 0. The molecule has 0 aliphatic rings. The third kappa shape index (κ3) is 11.4. The summed E-state index contributed by atoms with van der Waals surface area (Å²) < 4.78 is 10.0. The number of ether oxygens (including phenoxy) is 2. The number of carbonyl (C=O) groups excluding carboxylic acids is 4. The minimum Gasteiger partial charge on any atom is -0.466 e. The average Bonchev–Trinajstić information content (AvgIpc) is 2.82. The maximum absolute atomic E-state index is 13.6. The summed E-state index contributed by atoms with van der Waals surface area (Å²) >= 11 is 0. The first kappa shape index (κ1) is 30.1. The van der Waals surface area contributed by atoms with E-state index >= 15 is 0 Å². The van der Waals surface area contributed by atoms with E-state index in [1.165, 1.54) is 0 Å². The normalized spacial score (nSPS) is 12.5. The zero-order valence-electron chi connectivity index (χ0n) is 21.9. The van der Waals surface area contributed by atoms with Crippen LogP contribution in [-0.4, -0.2) is 61.0 Å². The van der Waals surface area contributed by atoms with Crippen LogP contribution in [0.15, 0.2) is 30.3 Å². The Morgan fingerprint density at radius 1 is 0.914 bits per heavy atom. The van der Waals surface area contributed by atoms with E-state index < -0.39 is 12.0 Å². The molecule has 0 fully saturated rings. The summed E-state index contributed by atoms with van der Waals surface area (Å²) in [6.07, 6.45) is 2.20. The predicted molar refractivity (Wildman–Crippen MR) is 135 cm³/mol. The highest BCUT2D eigenvalue weighted by atomic mass is 16.5. The van der Waals surface area contributed by atoms with Gasteiger partial charge in [-0.15, -0.1) is 0 Å². The van der Waals surface area contributed by atoms with Gasteiger partial charge in [0.05, 0.1) is 19.6 Å². The number of nitrogens with one attached hydrogen (secondary N) is 1. The van der Waals surface area contributed by atoms with E-state index in [2.05, 4.69) is 5.32 Å². The molecule has 35 heavy (non-hydrogen) atoms. The lowest BCUT2D eigenvalue weighted by Crippen LogP contribution is -2.51. The summed E-state index contributed by atoms with van der Waals surface area (Å²) in [4.78, 5) is 52.4. The first-order valence-electron chi connectivity index (χ1n) is 12.7. The van der Waals surface area contributed by atoms with Gasteiger partial charge in [0.25, 0.3) is 0 Å². The Labute approximate surface area is 209 Å². The monoisotopic (exact) mass is 490 g/mol. The van der Waals surface area contributed by atoms with Crippen molar-refractivity contribution in [1.82, 2.24) is 10.2 Å². The molecule has 8 heteroatoms. The summed E-state index contributed by atoms with van der Waals surface area (Å²) in [6, 6.07) is 8.69. The van der Waals surface area contributed by atoms with Gasteiger partial charge in [0.15, 0.2) is 0 Å². The van der Waals surface area contributed by atoms with Crippen molar-refractivity contribution in [3.05, 3.63) is 35.9 Å². The maximum atomic E-state index is 13.6. The van der Waals surface area contributed by atoms with Crippen LogP contribution in [-0.2, 0) is 28.7 Å². The van der Waals surface area contributed by atoms with Crippen molar-refractivity contribution >= 4 is 23.8 Å². The van der Waals surface area contributed by atoms with Gasteiger partial charge in [0, 0.05) is 18.9 Å². The largest absolute Gasteiger partial charge is 0.466 e. The molecule has 1 aromatic rings. The molecule has 0 saturated carbocycles. The number of esters is 2. The molecule has 196 valence electrons. The maximum Gasteiger partial charge on any atom is 0.325 e. The molecule has 1 rings (SSSR count). The van der Waals surface area contributed by atoms with E-state index in [9.17, 15) is 19.2 Å². The highest BCUT2D eigenvalue weighted by Crippen LogP contribution is 2.26. The number of rotatable bonds is 16. The summed E-state index contributed by atoms with van der Waals surface area (Å²) in [6.45, 7) is 10.1. The molecule has 8 nitrogen and oxygen atoms in total. The fraction of sp³-hybridized carbons (Fsp3) is 0.630. The van der Waals surface area contributed by atoms with Crippen LogP contribution in [0, 0.1) is 5.92 Å². The predicted octanol–water partition coefficient (Wildman–Crippen LogP) is 3.84. The molecule has 0 radical (unpaired) electrons. The number of unbranched alkanes of at least 4 members (excludes halogenated alkanes) is 1. The van der Waals surface area contributed by atoms with E-state index in [4.69, 9.17) is 9.47 Å². The van der Waals surface area contributed by atoms with Gasteiger partial charge in [-0.3, -0.25) is 19.2 Å². The van der Waals surface area contributed by atoms with Gasteiger partial charge in [-0.25, -0.2) is 0 Å². The van der Waals surface area contributed by atoms with E-state index in [1.54, 1.807) is 18.7 Å². The fourth-order valence-electron chi connectivity index (χ4n) is 3.88. The third-order valence-corrected chi connectivity index (χ3v) is 5.57. The van der Waals surface area contributed by atoms with Crippen LogP contribution >= 0.6 is 0 Å². The Kier molecular flexibility index (Phi) is 14.4. The second kappa shape index (κ2) is 16.7. The molecule has 1 aromatic carbocycles. The average molecular weight is 491 g/mol. The second-order valence-electron chi connectivity index (χ2n) is 8.93. The molecular weight excluding hydrogens is 448 g/mol. The number of benzene rings is 1. The lowest BCUT2D eigenvalue weighted by molar-refractivity contribution is -0.145. The Morgan fingerprint density at radius 3 is 2.11 bits per heavy atom. The number of hydrogen-bond donors (Lipinski definition) is 1. The van der Waals surface area contributed by atoms with Gasteiger partial charge < -0.3 is 19.7 Å². The SMILES string of the molecule is CCCCN(C(=O)C[C@@H](CC(=O)OCC)c1ccccc1)C(CC(C)C)C(=O)NCC(=O)OCC. The second-order valence-corrected chi connectivity index (χ2v) is 8.93. The summed E-state index contributed by atoms with van der Waals surface area (Å²) in [5.74, 6) is -1.68. The molecule has 0 heterocycles.